The SMILES string of the molecule is CC(C)(C)[Si](C)(C)O[C@H]1C[C@@H](C(C(=O)Nc2ncc(Cl)cc2F)N(Cc2ccc(C(F)(F)F)cc2)C(=O)CCl)C1. The average molecular weight is 623 g/mol. The molecule has 0 radical (unpaired) electrons. The number of alkyl halides is 4. The van der Waals surface area contributed by atoms with E-state index in [-0.39, 0.29) is 34.4 Å². The lowest BCUT2D eigenvalue weighted by atomic mass is 9.76. The Hall–Kier alpha value is -2.21. The highest BCUT2D eigenvalue weighted by Crippen LogP contribution is 2.43. The zero-order valence-electron chi connectivity index (χ0n) is 22.9. The normalized spacial score (nSPS) is 18.6. The summed E-state index contributed by atoms with van der Waals surface area (Å²) in [5.41, 5.74) is -0.469. The Morgan fingerprint density at radius 2 is 1.77 bits per heavy atom. The zero-order valence-corrected chi connectivity index (χ0v) is 25.4. The van der Waals surface area contributed by atoms with Gasteiger partial charge in [0.2, 0.25) is 11.8 Å². The third-order valence-corrected chi connectivity index (χ3v) is 12.5. The van der Waals surface area contributed by atoms with Crippen LogP contribution < -0.4 is 5.32 Å². The van der Waals surface area contributed by atoms with Crippen molar-refractivity contribution < 1.29 is 31.6 Å². The summed E-state index contributed by atoms with van der Waals surface area (Å²) in [6.45, 7) is 10.4. The highest BCUT2D eigenvalue weighted by atomic mass is 35.5. The van der Waals surface area contributed by atoms with E-state index in [2.05, 4.69) is 44.2 Å². The lowest BCUT2D eigenvalue weighted by Gasteiger charge is -2.48. The van der Waals surface area contributed by atoms with E-state index >= 15 is 0 Å². The van der Waals surface area contributed by atoms with Crippen LogP contribution in [0.3, 0.4) is 0 Å². The second kappa shape index (κ2) is 12.3. The molecule has 0 saturated heterocycles. The molecule has 2 amide bonds. The summed E-state index contributed by atoms with van der Waals surface area (Å²) in [7, 11) is -2.11. The first-order valence-electron chi connectivity index (χ1n) is 12.7. The van der Waals surface area contributed by atoms with Gasteiger partial charge in [0.1, 0.15) is 11.9 Å². The van der Waals surface area contributed by atoms with Crippen LogP contribution in [0.2, 0.25) is 23.2 Å². The van der Waals surface area contributed by atoms with Crippen LogP contribution in [0, 0.1) is 11.7 Å². The predicted octanol–water partition coefficient (Wildman–Crippen LogP) is 7.27. The van der Waals surface area contributed by atoms with Gasteiger partial charge in [-0.15, -0.1) is 11.6 Å². The van der Waals surface area contributed by atoms with Crippen molar-refractivity contribution in [3.8, 4) is 0 Å². The molecule has 1 aromatic heterocycles. The highest BCUT2D eigenvalue weighted by molar-refractivity contribution is 6.74. The zero-order chi connectivity index (χ0) is 30.0. The molecule has 40 heavy (non-hydrogen) atoms. The van der Waals surface area contributed by atoms with Crippen molar-refractivity contribution in [1.29, 1.82) is 0 Å². The van der Waals surface area contributed by atoms with E-state index in [0.717, 1.165) is 18.2 Å². The number of nitrogens with zero attached hydrogens (tertiary/aromatic N) is 2. The second-order valence-electron chi connectivity index (χ2n) is 11.5. The molecule has 6 nitrogen and oxygen atoms in total. The summed E-state index contributed by atoms with van der Waals surface area (Å²) in [6.07, 6.45) is -2.56. The Balaban J connectivity index is 1.90. The molecule has 1 aromatic carbocycles. The van der Waals surface area contributed by atoms with Crippen molar-refractivity contribution in [2.24, 2.45) is 5.92 Å². The van der Waals surface area contributed by atoms with E-state index in [4.69, 9.17) is 27.6 Å². The van der Waals surface area contributed by atoms with Gasteiger partial charge in [0.25, 0.3) is 0 Å². The molecule has 2 aromatic rings. The van der Waals surface area contributed by atoms with Gasteiger partial charge in [-0.1, -0.05) is 44.5 Å². The number of benzene rings is 1. The summed E-state index contributed by atoms with van der Waals surface area (Å²) in [5, 5.41) is 2.45. The fraction of sp³-hybridized carbons (Fsp3) is 0.519. The van der Waals surface area contributed by atoms with E-state index in [1.165, 1.54) is 23.2 Å². The number of pyridine rings is 1. The number of hydrogen-bond acceptors (Lipinski definition) is 4. The molecule has 13 heteroatoms. The highest BCUT2D eigenvalue weighted by Gasteiger charge is 2.47. The van der Waals surface area contributed by atoms with E-state index < -0.39 is 49.6 Å². The Labute approximate surface area is 242 Å². The van der Waals surface area contributed by atoms with Gasteiger partial charge in [-0.2, -0.15) is 13.2 Å². The Morgan fingerprint density at radius 3 is 2.27 bits per heavy atom. The van der Waals surface area contributed by atoms with Crippen LogP contribution >= 0.6 is 23.2 Å². The van der Waals surface area contributed by atoms with E-state index in [1.807, 2.05) is 0 Å². The summed E-state index contributed by atoms with van der Waals surface area (Å²) in [4.78, 5) is 31.7. The topological polar surface area (TPSA) is 71.5 Å². The maximum absolute atomic E-state index is 14.5. The Bertz CT molecular complexity index is 1220. The number of hydrogen-bond donors (Lipinski definition) is 1. The molecule has 1 aliphatic carbocycles. The van der Waals surface area contributed by atoms with Gasteiger partial charge in [-0.05, 0) is 60.7 Å². The van der Waals surface area contributed by atoms with E-state index in [0.29, 0.717) is 18.4 Å². The van der Waals surface area contributed by atoms with Gasteiger partial charge in [0.15, 0.2) is 20.0 Å². The molecule has 1 saturated carbocycles. The maximum Gasteiger partial charge on any atom is 0.416 e. The molecule has 1 unspecified atom stereocenters. The van der Waals surface area contributed by atoms with Crippen molar-refractivity contribution in [3.63, 3.8) is 0 Å². The molecular formula is C27H33Cl2F4N3O3Si. The summed E-state index contributed by atoms with van der Waals surface area (Å²) in [5.74, 6) is -3.35. The molecule has 1 atom stereocenters. The smallest absolute Gasteiger partial charge is 0.414 e. The number of anilines is 1. The standard InChI is InChI=1S/C27H33Cl2F4N3O3Si/c1-26(2,3)40(4,5)39-20-10-17(11-20)23(25(38)35-24-21(30)12-19(29)14-34-24)36(22(37)13-28)15-16-6-8-18(9-7-16)27(31,32)33/h6-9,12,14,17,20,23H,10-11,13,15H2,1-5H3,(H,34,35,38)/t17-,20+,23?. The predicted molar refractivity (Wildman–Crippen MR) is 149 cm³/mol. The first-order chi connectivity index (χ1) is 18.4. The van der Waals surface area contributed by atoms with Crippen LogP contribution in [-0.2, 0) is 26.7 Å². The van der Waals surface area contributed by atoms with Crippen LogP contribution in [-0.4, -0.2) is 48.0 Å². The average Bonchev–Trinajstić information content (AvgIpc) is 2.82. The molecule has 220 valence electrons. The molecule has 1 heterocycles. The molecule has 1 N–H and O–H groups in total. The molecule has 1 aliphatic rings. The first-order valence-corrected chi connectivity index (χ1v) is 16.6. The number of carbonyl (C=O) groups excluding carboxylic acids is 2. The van der Waals surface area contributed by atoms with Crippen LogP contribution in [0.4, 0.5) is 23.4 Å². The van der Waals surface area contributed by atoms with E-state index in [9.17, 15) is 27.2 Å². The minimum Gasteiger partial charge on any atom is -0.414 e. The number of nitrogens with one attached hydrogen (secondary N) is 1. The Kier molecular flexibility index (Phi) is 9.97. The summed E-state index contributed by atoms with van der Waals surface area (Å²) >= 11 is 11.7. The fourth-order valence-corrected chi connectivity index (χ4v) is 5.95. The number of rotatable bonds is 9. The number of carbonyl (C=O) groups is 2. The fourth-order valence-electron chi connectivity index (χ4n) is 4.28. The third-order valence-electron chi connectivity index (χ3n) is 7.57. The minimum atomic E-state index is -4.52. The van der Waals surface area contributed by atoms with Crippen LogP contribution in [0.15, 0.2) is 36.5 Å². The maximum atomic E-state index is 14.5. The third kappa shape index (κ3) is 7.74. The van der Waals surface area contributed by atoms with E-state index in [1.54, 1.807) is 0 Å². The van der Waals surface area contributed by atoms with Crippen LogP contribution in [0.25, 0.3) is 0 Å². The van der Waals surface area contributed by atoms with Crippen molar-refractivity contribution >= 4 is 49.2 Å². The minimum absolute atomic E-state index is 0.0319. The second-order valence-corrected chi connectivity index (χ2v) is 17.0. The number of halogens is 6. The van der Waals surface area contributed by atoms with Crippen molar-refractivity contribution in [1.82, 2.24) is 9.88 Å². The van der Waals surface area contributed by atoms with Crippen molar-refractivity contribution in [2.45, 2.75) is 76.6 Å². The molecule has 0 spiro atoms. The van der Waals surface area contributed by atoms with Gasteiger partial charge < -0.3 is 14.6 Å². The Morgan fingerprint density at radius 1 is 1.18 bits per heavy atom. The lowest BCUT2D eigenvalue weighted by molar-refractivity contribution is -0.142. The first kappa shape index (κ1) is 32.3. The quantitative estimate of drug-likeness (QED) is 0.182. The largest absolute Gasteiger partial charge is 0.416 e. The van der Waals surface area contributed by atoms with Crippen LogP contribution in [0.5, 0.6) is 0 Å². The number of amides is 2. The van der Waals surface area contributed by atoms with Gasteiger partial charge in [0, 0.05) is 18.8 Å². The lowest BCUT2D eigenvalue weighted by Crippen LogP contribution is -2.57. The van der Waals surface area contributed by atoms with Gasteiger partial charge in [-0.3, -0.25) is 9.59 Å². The van der Waals surface area contributed by atoms with Crippen LogP contribution in [0.1, 0.15) is 44.7 Å². The summed E-state index contributed by atoms with van der Waals surface area (Å²) in [6, 6.07) is 4.20. The van der Waals surface area contributed by atoms with Gasteiger partial charge in [0.05, 0.1) is 10.6 Å². The molecule has 0 aliphatic heterocycles. The molecule has 1 fully saturated rings. The molecule has 3 rings (SSSR count). The molecule has 0 bridgehead atoms. The molecular weight excluding hydrogens is 589 g/mol. The van der Waals surface area contributed by atoms with Gasteiger partial charge in [-0.25, -0.2) is 9.37 Å². The van der Waals surface area contributed by atoms with Crippen molar-refractivity contribution in [3.05, 3.63) is 58.5 Å². The van der Waals surface area contributed by atoms with Gasteiger partial charge >= 0.3 is 6.18 Å². The monoisotopic (exact) mass is 621 g/mol. The van der Waals surface area contributed by atoms with Crippen molar-refractivity contribution in [2.75, 3.05) is 11.2 Å². The summed E-state index contributed by atoms with van der Waals surface area (Å²) < 4.78 is 60.1. The number of aromatic nitrogens is 1.